The molecule has 0 aliphatic carbocycles. The Morgan fingerprint density at radius 1 is 1.08 bits per heavy atom. The van der Waals surface area contributed by atoms with Crippen molar-refractivity contribution in [3.63, 3.8) is 0 Å². The molecule has 0 N–H and O–H groups in total. The lowest BCUT2D eigenvalue weighted by Crippen LogP contribution is -2.51. The molecule has 3 aromatic rings. The normalized spacial score (nSPS) is 21.3. The Bertz CT molecular complexity index is 979. The first-order valence-corrected chi connectivity index (χ1v) is 7.23. The SMILES string of the molecule is COc1ccc2nnc(-c3ccc4c(c3)OC(F)(F)C(F)(Cl)O4)n2n1. The molecule has 1 aliphatic rings. The quantitative estimate of drug-likeness (QED) is 0.644. The molecule has 0 spiro atoms. The third kappa shape index (κ3) is 2.40. The van der Waals surface area contributed by atoms with E-state index >= 15 is 0 Å². The first-order valence-electron chi connectivity index (χ1n) is 6.85. The van der Waals surface area contributed by atoms with E-state index < -0.39 is 17.2 Å². The Morgan fingerprint density at radius 2 is 1.88 bits per heavy atom. The van der Waals surface area contributed by atoms with Crippen molar-refractivity contribution in [1.82, 2.24) is 19.8 Å². The van der Waals surface area contributed by atoms with Gasteiger partial charge in [0.05, 0.1) is 7.11 Å². The van der Waals surface area contributed by atoms with Gasteiger partial charge < -0.3 is 14.2 Å². The molecule has 0 saturated heterocycles. The maximum Gasteiger partial charge on any atom is 0.488 e. The van der Waals surface area contributed by atoms with Crippen molar-refractivity contribution < 1.29 is 27.4 Å². The summed E-state index contributed by atoms with van der Waals surface area (Å²) >= 11 is 5.03. The number of halogens is 4. The fourth-order valence-corrected chi connectivity index (χ4v) is 2.39. The van der Waals surface area contributed by atoms with Gasteiger partial charge in [0, 0.05) is 11.6 Å². The highest BCUT2D eigenvalue weighted by molar-refractivity contribution is 6.22. The molecular formula is C14H8ClF3N4O3. The van der Waals surface area contributed by atoms with Crippen LogP contribution in [0.2, 0.25) is 0 Å². The van der Waals surface area contributed by atoms with Crippen molar-refractivity contribution in [3.05, 3.63) is 30.3 Å². The Morgan fingerprint density at radius 3 is 2.64 bits per heavy atom. The maximum atomic E-state index is 13.6. The highest BCUT2D eigenvalue weighted by atomic mass is 35.5. The molecule has 0 bridgehead atoms. The van der Waals surface area contributed by atoms with Crippen LogP contribution in [0.15, 0.2) is 30.3 Å². The van der Waals surface area contributed by atoms with Crippen molar-refractivity contribution in [3.8, 4) is 28.8 Å². The minimum atomic E-state index is -4.37. The fourth-order valence-electron chi connectivity index (χ4n) is 2.27. The Hall–Kier alpha value is -2.75. The third-order valence-electron chi connectivity index (χ3n) is 3.46. The molecule has 4 rings (SSSR count). The van der Waals surface area contributed by atoms with E-state index in [1.54, 1.807) is 12.1 Å². The Kier molecular flexibility index (Phi) is 3.23. The van der Waals surface area contributed by atoms with E-state index in [-0.39, 0.29) is 11.6 Å². The largest absolute Gasteiger partial charge is 0.488 e. The van der Waals surface area contributed by atoms with Gasteiger partial charge in [-0.05, 0) is 35.9 Å². The zero-order valence-corrected chi connectivity index (χ0v) is 13.2. The van der Waals surface area contributed by atoms with Gasteiger partial charge >= 0.3 is 11.4 Å². The van der Waals surface area contributed by atoms with Crippen molar-refractivity contribution in [2.24, 2.45) is 0 Å². The third-order valence-corrected chi connectivity index (χ3v) is 3.76. The lowest BCUT2D eigenvalue weighted by atomic mass is 10.2. The van der Waals surface area contributed by atoms with Crippen molar-refractivity contribution in [1.29, 1.82) is 0 Å². The molecule has 1 unspecified atom stereocenters. The summed E-state index contributed by atoms with van der Waals surface area (Å²) in [6, 6.07) is 7.11. The molecular weight excluding hydrogens is 365 g/mol. The van der Waals surface area contributed by atoms with Gasteiger partial charge in [0.15, 0.2) is 23.0 Å². The van der Waals surface area contributed by atoms with E-state index in [2.05, 4.69) is 24.8 Å². The molecule has 25 heavy (non-hydrogen) atoms. The maximum absolute atomic E-state index is 13.6. The van der Waals surface area contributed by atoms with Crippen LogP contribution in [0.1, 0.15) is 0 Å². The summed E-state index contributed by atoms with van der Waals surface area (Å²) in [7, 11) is 1.44. The summed E-state index contributed by atoms with van der Waals surface area (Å²) in [6.07, 6.45) is -4.37. The van der Waals surface area contributed by atoms with Crippen molar-refractivity contribution >= 4 is 17.2 Å². The number of methoxy groups -OCH3 is 1. The highest BCUT2D eigenvalue weighted by Crippen LogP contribution is 2.48. The number of hydrogen-bond donors (Lipinski definition) is 0. The van der Waals surface area contributed by atoms with Crippen LogP contribution in [0.3, 0.4) is 0 Å². The van der Waals surface area contributed by atoms with Crippen LogP contribution in [0.4, 0.5) is 13.2 Å². The van der Waals surface area contributed by atoms with E-state index in [0.717, 1.165) is 0 Å². The van der Waals surface area contributed by atoms with Gasteiger partial charge in [-0.15, -0.1) is 15.3 Å². The molecule has 0 saturated carbocycles. The lowest BCUT2D eigenvalue weighted by molar-refractivity contribution is -0.303. The number of ether oxygens (including phenoxy) is 3. The Labute approximate surface area is 142 Å². The second-order valence-electron chi connectivity index (χ2n) is 5.07. The molecule has 0 amide bonds. The summed E-state index contributed by atoms with van der Waals surface area (Å²) in [5.41, 5.74) is 0.756. The monoisotopic (exact) mass is 372 g/mol. The molecule has 2 aromatic heterocycles. The van der Waals surface area contributed by atoms with Gasteiger partial charge in [-0.25, -0.2) is 0 Å². The Balaban J connectivity index is 1.81. The summed E-state index contributed by atoms with van der Waals surface area (Å²) in [5.74, 6) is -0.115. The van der Waals surface area contributed by atoms with Crippen LogP contribution < -0.4 is 14.2 Å². The lowest BCUT2D eigenvalue weighted by Gasteiger charge is -2.33. The zero-order valence-electron chi connectivity index (χ0n) is 12.4. The smallest absolute Gasteiger partial charge is 0.480 e. The van der Waals surface area contributed by atoms with E-state index in [1.165, 1.54) is 29.8 Å². The van der Waals surface area contributed by atoms with Gasteiger partial charge in [0.2, 0.25) is 5.88 Å². The van der Waals surface area contributed by atoms with Gasteiger partial charge in [-0.2, -0.15) is 17.7 Å². The van der Waals surface area contributed by atoms with Gasteiger partial charge in [-0.3, -0.25) is 0 Å². The summed E-state index contributed by atoms with van der Waals surface area (Å²) in [6.45, 7) is 0. The van der Waals surface area contributed by atoms with E-state index in [1.807, 2.05) is 0 Å². The standard InChI is InChI=1S/C14H8ClF3N4O3/c1-23-11-5-4-10-19-20-12(22(10)21-11)7-2-3-8-9(6-7)25-14(17,18)13(15,16)24-8/h2-6H,1H3. The molecule has 3 heterocycles. The number of fused-ring (bicyclic) bond motifs is 2. The van der Waals surface area contributed by atoms with Crippen LogP contribution in [-0.2, 0) is 0 Å². The van der Waals surface area contributed by atoms with Gasteiger partial charge in [-0.1, -0.05) is 0 Å². The number of aromatic nitrogens is 4. The summed E-state index contributed by atoms with van der Waals surface area (Å²) < 4.78 is 56.0. The van der Waals surface area contributed by atoms with Crippen molar-refractivity contribution in [2.75, 3.05) is 7.11 Å². The number of alkyl halides is 4. The predicted octanol–water partition coefficient (Wildman–Crippen LogP) is 3.03. The highest BCUT2D eigenvalue weighted by Gasteiger charge is 2.63. The van der Waals surface area contributed by atoms with Crippen LogP contribution in [0.5, 0.6) is 17.4 Å². The molecule has 1 aliphatic heterocycles. The molecule has 7 nitrogen and oxygen atoms in total. The van der Waals surface area contributed by atoms with Crippen molar-refractivity contribution in [2.45, 2.75) is 11.4 Å². The second kappa shape index (κ2) is 5.12. The van der Waals surface area contributed by atoms with E-state index in [0.29, 0.717) is 17.1 Å². The van der Waals surface area contributed by atoms with Gasteiger partial charge in [0.25, 0.3) is 0 Å². The van der Waals surface area contributed by atoms with Crippen LogP contribution in [0, 0.1) is 0 Å². The predicted molar refractivity (Wildman–Crippen MR) is 78.7 cm³/mol. The molecule has 1 atom stereocenters. The average Bonchev–Trinajstić information content (AvgIpc) is 2.98. The fraction of sp³-hybridized carbons (Fsp3) is 0.214. The van der Waals surface area contributed by atoms with E-state index in [9.17, 15) is 13.2 Å². The molecule has 1 aromatic carbocycles. The number of hydrogen-bond acceptors (Lipinski definition) is 6. The second-order valence-corrected chi connectivity index (χ2v) is 5.55. The van der Waals surface area contributed by atoms with Crippen LogP contribution in [0.25, 0.3) is 17.0 Å². The minimum Gasteiger partial charge on any atom is -0.480 e. The summed E-state index contributed by atoms with van der Waals surface area (Å²) in [5, 5.41) is 8.26. The summed E-state index contributed by atoms with van der Waals surface area (Å²) in [4.78, 5) is 0. The van der Waals surface area contributed by atoms with Crippen LogP contribution in [-0.4, -0.2) is 38.3 Å². The minimum absolute atomic E-state index is 0.242. The molecule has 0 fully saturated rings. The number of benzene rings is 1. The zero-order chi connectivity index (χ0) is 17.8. The first kappa shape index (κ1) is 15.8. The number of rotatable bonds is 2. The average molecular weight is 373 g/mol. The number of nitrogens with zero attached hydrogens (tertiary/aromatic N) is 4. The van der Waals surface area contributed by atoms with Crippen LogP contribution >= 0.6 is 11.6 Å². The van der Waals surface area contributed by atoms with E-state index in [4.69, 9.17) is 16.3 Å². The first-order chi connectivity index (χ1) is 11.8. The molecule has 130 valence electrons. The van der Waals surface area contributed by atoms with Gasteiger partial charge in [0.1, 0.15) is 0 Å². The topological polar surface area (TPSA) is 70.8 Å². The molecule has 11 heteroatoms. The molecule has 0 radical (unpaired) electrons.